The minimum atomic E-state index is -0.637. The summed E-state index contributed by atoms with van der Waals surface area (Å²) >= 11 is 0. The van der Waals surface area contributed by atoms with Crippen LogP contribution in [0.5, 0.6) is 0 Å². The van der Waals surface area contributed by atoms with Crippen molar-refractivity contribution in [2.24, 2.45) is 0 Å². The Morgan fingerprint density at radius 2 is 1.07 bits per heavy atom. The summed E-state index contributed by atoms with van der Waals surface area (Å²) in [7, 11) is 2.90. The van der Waals surface area contributed by atoms with Crippen molar-refractivity contribution >= 4 is 39.0 Å². The number of nitrogens with zero attached hydrogens (tertiary/aromatic N) is 2. The second-order valence-electron chi connectivity index (χ2n) is 14.6. The molecule has 0 amide bonds. The fourth-order valence-corrected chi connectivity index (χ4v) is 10.3. The van der Waals surface area contributed by atoms with Crippen molar-refractivity contribution < 1.29 is 0 Å². The molecule has 2 nitrogen and oxygen atoms in total. The molecule has 1 atom stereocenters. The van der Waals surface area contributed by atoms with E-state index in [1.54, 1.807) is 0 Å². The van der Waals surface area contributed by atoms with Gasteiger partial charge in [-0.25, -0.2) is 0 Å². The van der Waals surface area contributed by atoms with Crippen molar-refractivity contribution in [1.29, 1.82) is 0 Å². The van der Waals surface area contributed by atoms with Crippen LogP contribution in [0.4, 0.5) is 0 Å². The molecule has 0 aliphatic carbocycles. The van der Waals surface area contributed by atoms with Crippen LogP contribution in [0, 0.1) is 0 Å². The Hall–Kier alpha value is -2.66. The van der Waals surface area contributed by atoms with Gasteiger partial charge in [0.05, 0.1) is 27.6 Å². The second-order valence-corrected chi connectivity index (χ2v) is 19.4. The molecule has 0 spiro atoms. The number of fused-ring (bicyclic) bond motifs is 2. The monoisotopic (exact) mass is 592 g/mol. The van der Waals surface area contributed by atoms with Gasteiger partial charge in [0.2, 0.25) is 0 Å². The number of hydrogen-bond donors (Lipinski definition) is 0. The Morgan fingerprint density at radius 3 is 1.52 bits per heavy atom. The first-order chi connectivity index (χ1) is 19.6. The van der Waals surface area contributed by atoms with E-state index in [2.05, 4.69) is 163 Å². The van der Waals surface area contributed by atoms with Crippen LogP contribution in [0.2, 0.25) is 0 Å². The van der Waals surface area contributed by atoms with Crippen LogP contribution in [-0.2, 0) is 16.7 Å². The van der Waals surface area contributed by atoms with E-state index in [-0.39, 0.29) is 23.6 Å². The van der Waals surface area contributed by atoms with Gasteiger partial charge < -0.3 is 0 Å². The van der Waals surface area contributed by atoms with Crippen molar-refractivity contribution in [3.8, 4) is 0 Å². The fourth-order valence-electron chi connectivity index (χ4n) is 6.18. The normalized spacial score (nSPS) is 13.3. The van der Waals surface area contributed by atoms with Crippen molar-refractivity contribution in [3.63, 3.8) is 0 Å². The Balaban J connectivity index is 1.85. The highest BCUT2D eigenvalue weighted by Crippen LogP contribution is 2.62. The lowest BCUT2D eigenvalue weighted by Gasteiger charge is -2.43. The summed E-state index contributed by atoms with van der Waals surface area (Å²) in [5.74, 6) is 0. The van der Waals surface area contributed by atoms with Gasteiger partial charge >= 0.3 is 0 Å². The molecular formula is C38H46N2P2. The summed E-state index contributed by atoms with van der Waals surface area (Å²) in [6, 6.07) is 32.8. The average Bonchev–Trinajstić information content (AvgIpc) is 2.93. The quantitative estimate of drug-likeness (QED) is 0.190. The van der Waals surface area contributed by atoms with Crippen LogP contribution in [-0.4, -0.2) is 20.3 Å². The first kappa shape index (κ1) is 30.8. The van der Waals surface area contributed by atoms with Crippen molar-refractivity contribution in [3.05, 3.63) is 119 Å². The smallest absolute Gasteiger partial charge is 0.0936 e. The van der Waals surface area contributed by atoms with Crippen LogP contribution in [0.1, 0.15) is 90.4 Å². The maximum Gasteiger partial charge on any atom is 0.0936 e. The Morgan fingerprint density at radius 1 is 0.595 bits per heavy atom. The van der Waals surface area contributed by atoms with Crippen molar-refractivity contribution in [2.45, 2.75) is 89.4 Å². The van der Waals surface area contributed by atoms with Gasteiger partial charge in [-0.2, -0.15) is 0 Å². The Labute approximate surface area is 256 Å². The van der Waals surface area contributed by atoms with Crippen LogP contribution in [0.15, 0.2) is 91.0 Å². The summed E-state index contributed by atoms with van der Waals surface area (Å²) in [6.07, 6.45) is 1.04. The van der Waals surface area contributed by atoms with Crippen LogP contribution in [0.3, 0.4) is 0 Å². The van der Waals surface area contributed by atoms with E-state index in [0.29, 0.717) is 0 Å². The van der Waals surface area contributed by atoms with Crippen LogP contribution < -0.4 is 0 Å². The van der Waals surface area contributed by atoms with E-state index >= 15 is 0 Å². The topological polar surface area (TPSA) is 25.8 Å². The third kappa shape index (κ3) is 6.04. The van der Waals surface area contributed by atoms with Gasteiger partial charge in [-0.3, -0.25) is 9.97 Å². The zero-order valence-corrected chi connectivity index (χ0v) is 28.8. The number of pyridine rings is 2. The molecule has 2 heterocycles. The van der Waals surface area contributed by atoms with Gasteiger partial charge in [-0.15, -0.1) is 9.24 Å². The van der Waals surface area contributed by atoms with Gasteiger partial charge in [-0.05, 0) is 62.8 Å². The highest BCUT2D eigenvalue weighted by Gasteiger charge is 2.40. The third-order valence-corrected chi connectivity index (χ3v) is 13.2. The predicted molar refractivity (Wildman–Crippen MR) is 188 cm³/mol. The highest BCUT2D eigenvalue weighted by atomic mass is 31.1. The number of para-hydroxylation sites is 2. The molecule has 0 saturated heterocycles. The zero-order valence-electron chi connectivity index (χ0n) is 26.8. The summed E-state index contributed by atoms with van der Waals surface area (Å²) in [5.41, 5.74) is 8.00. The van der Waals surface area contributed by atoms with E-state index in [1.165, 1.54) is 16.7 Å². The molecule has 0 aliphatic heterocycles. The molecule has 5 rings (SSSR count). The summed E-state index contributed by atoms with van der Waals surface area (Å²) < 4.78 is 0. The van der Waals surface area contributed by atoms with E-state index in [9.17, 15) is 0 Å². The molecule has 4 heteroatoms. The lowest BCUT2D eigenvalue weighted by atomic mass is 9.80. The lowest BCUT2D eigenvalue weighted by molar-refractivity contribution is 0.588. The lowest BCUT2D eigenvalue weighted by Crippen LogP contribution is -2.29. The second kappa shape index (κ2) is 11.1. The minimum absolute atomic E-state index is 0.00523. The summed E-state index contributed by atoms with van der Waals surface area (Å²) in [5, 5.41) is 2.07. The molecule has 1 unspecified atom stereocenters. The van der Waals surface area contributed by atoms with Crippen molar-refractivity contribution in [2.75, 3.05) is 0 Å². The summed E-state index contributed by atoms with van der Waals surface area (Å²) in [4.78, 5) is 10.7. The maximum atomic E-state index is 5.33. The molecule has 0 aliphatic rings. The zero-order chi connectivity index (χ0) is 30.5. The molecule has 0 radical (unpaired) electrons. The average molecular weight is 593 g/mol. The van der Waals surface area contributed by atoms with Crippen LogP contribution in [0.25, 0.3) is 21.8 Å². The van der Waals surface area contributed by atoms with Crippen molar-refractivity contribution in [1.82, 2.24) is 9.97 Å². The molecule has 0 fully saturated rings. The third-order valence-electron chi connectivity index (χ3n) is 8.35. The van der Waals surface area contributed by atoms with E-state index < -0.39 is 5.16 Å². The molecule has 5 aromatic rings. The van der Waals surface area contributed by atoms with E-state index in [4.69, 9.17) is 9.97 Å². The molecule has 218 valence electrons. The number of aromatic nitrogens is 2. The molecule has 0 N–H and O–H groups in total. The van der Waals surface area contributed by atoms with E-state index in [0.717, 1.165) is 39.4 Å². The number of hydrogen-bond acceptors (Lipinski definition) is 2. The maximum absolute atomic E-state index is 5.33. The SMILES string of the molecule is CC(C)(C)c1ccc(CP(C(C)(C)C)C(C)(C)C)c(C(P)(c2ccc3ccccc3n2)c2ccc3ccccc3n2)c1. The largest absolute Gasteiger partial charge is 0.251 e. The molecule has 42 heavy (non-hydrogen) atoms. The molecule has 0 saturated carbocycles. The Bertz CT molecular complexity index is 1640. The molecule has 3 aromatic carbocycles. The first-order valence-corrected chi connectivity index (χ1v) is 17.1. The van der Waals surface area contributed by atoms with Gasteiger partial charge in [0.1, 0.15) is 0 Å². The van der Waals surface area contributed by atoms with E-state index in [1.807, 2.05) is 0 Å². The summed E-state index contributed by atoms with van der Waals surface area (Å²) in [6.45, 7) is 21.4. The molecule has 2 aromatic heterocycles. The van der Waals surface area contributed by atoms with Gasteiger partial charge in [-0.1, -0.05) is 137 Å². The molecular weight excluding hydrogens is 546 g/mol. The molecule has 0 bridgehead atoms. The minimum Gasteiger partial charge on any atom is -0.251 e. The standard InChI is InChI=1S/C38H46N2P2/c1-35(2,3)29-21-18-28(25-42(36(4,5)6)37(7,8)9)30(24-29)38(41,33-22-19-26-14-10-12-16-31(26)39-33)34-23-20-27-15-11-13-17-32(27)40-34/h10-24H,25,41H2,1-9H3. The van der Waals surface area contributed by atoms with Gasteiger partial charge in [0.25, 0.3) is 0 Å². The number of rotatable bonds is 5. The number of benzene rings is 3. The van der Waals surface area contributed by atoms with Gasteiger partial charge in [0, 0.05) is 10.8 Å². The van der Waals surface area contributed by atoms with Crippen LogP contribution >= 0.6 is 17.2 Å². The fraction of sp³-hybridized carbons (Fsp3) is 0.368. The highest BCUT2D eigenvalue weighted by molar-refractivity contribution is 7.60. The van der Waals surface area contributed by atoms with Gasteiger partial charge in [0.15, 0.2) is 0 Å². The predicted octanol–water partition coefficient (Wildman–Crippen LogP) is 10.8. The Kier molecular flexibility index (Phi) is 8.15. The first-order valence-electron chi connectivity index (χ1n) is 15.0.